The zero-order valence-corrected chi connectivity index (χ0v) is 18.3. The SMILES string of the molecule is CCOC(=O)C1CCN(C(=O)CN(C)C(=O)c2ccccc2Cc2ccccc2)CC1. The third kappa shape index (κ3) is 5.94. The smallest absolute Gasteiger partial charge is 0.309 e. The van der Waals surface area contributed by atoms with Crippen molar-refractivity contribution < 1.29 is 19.1 Å². The van der Waals surface area contributed by atoms with Crippen molar-refractivity contribution in [3.8, 4) is 0 Å². The van der Waals surface area contributed by atoms with Gasteiger partial charge in [-0.2, -0.15) is 0 Å². The lowest BCUT2D eigenvalue weighted by Gasteiger charge is -2.32. The molecule has 0 atom stereocenters. The molecule has 2 aromatic carbocycles. The van der Waals surface area contributed by atoms with Gasteiger partial charge in [0, 0.05) is 25.7 Å². The number of rotatable bonds is 7. The van der Waals surface area contributed by atoms with E-state index in [1.54, 1.807) is 18.9 Å². The molecule has 1 aliphatic rings. The molecule has 1 aliphatic heterocycles. The molecule has 3 rings (SSSR count). The Morgan fingerprint density at radius 3 is 2.32 bits per heavy atom. The average Bonchev–Trinajstić information content (AvgIpc) is 2.80. The van der Waals surface area contributed by atoms with Gasteiger partial charge in [-0.15, -0.1) is 0 Å². The van der Waals surface area contributed by atoms with Crippen LogP contribution >= 0.6 is 0 Å². The average molecular weight is 423 g/mol. The quantitative estimate of drug-likeness (QED) is 0.643. The van der Waals surface area contributed by atoms with E-state index in [0.29, 0.717) is 44.5 Å². The predicted octanol–water partition coefficient (Wildman–Crippen LogP) is 3.15. The second-order valence-electron chi connectivity index (χ2n) is 7.89. The molecular formula is C25H30N2O4. The van der Waals surface area contributed by atoms with Crippen LogP contribution in [0.3, 0.4) is 0 Å². The first-order valence-electron chi connectivity index (χ1n) is 10.8. The van der Waals surface area contributed by atoms with Crippen molar-refractivity contribution in [1.29, 1.82) is 0 Å². The van der Waals surface area contributed by atoms with Gasteiger partial charge in [0.2, 0.25) is 5.91 Å². The van der Waals surface area contributed by atoms with Gasteiger partial charge in [-0.1, -0.05) is 48.5 Å². The maximum absolute atomic E-state index is 13.1. The first-order valence-corrected chi connectivity index (χ1v) is 10.8. The Morgan fingerprint density at radius 1 is 1.00 bits per heavy atom. The van der Waals surface area contributed by atoms with E-state index in [1.165, 1.54) is 4.90 Å². The van der Waals surface area contributed by atoms with E-state index < -0.39 is 0 Å². The zero-order chi connectivity index (χ0) is 22.2. The van der Waals surface area contributed by atoms with Gasteiger partial charge in [-0.3, -0.25) is 14.4 Å². The van der Waals surface area contributed by atoms with Crippen LogP contribution in [0.5, 0.6) is 0 Å². The maximum atomic E-state index is 13.1. The molecular weight excluding hydrogens is 392 g/mol. The Labute approximate surface area is 183 Å². The highest BCUT2D eigenvalue weighted by molar-refractivity contribution is 5.97. The van der Waals surface area contributed by atoms with Crippen LogP contribution in [0.15, 0.2) is 54.6 Å². The Bertz CT molecular complexity index is 905. The summed E-state index contributed by atoms with van der Waals surface area (Å²) in [4.78, 5) is 40.9. The fraction of sp³-hybridized carbons (Fsp3) is 0.400. The number of carbonyl (C=O) groups is 3. The van der Waals surface area contributed by atoms with E-state index in [9.17, 15) is 14.4 Å². The number of likely N-dealkylation sites (tertiary alicyclic amines) is 1. The van der Waals surface area contributed by atoms with Crippen LogP contribution < -0.4 is 0 Å². The summed E-state index contributed by atoms with van der Waals surface area (Å²) in [7, 11) is 1.66. The summed E-state index contributed by atoms with van der Waals surface area (Å²) in [5, 5.41) is 0. The number of carbonyl (C=O) groups excluding carboxylic acids is 3. The number of piperidine rings is 1. The van der Waals surface area contributed by atoms with Crippen LogP contribution in [0, 0.1) is 5.92 Å². The Balaban J connectivity index is 1.59. The van der Waals surface area contributed by atoms with Crippen LogP contribution in [0.1, 0.15) is 41.3 Å². The molecule has 0 unspecified atom stereocenters. The lowest BCUT2D eigenvalue weighted by Crippen LogP contribution is -2.45. The minimum Gasteiger partial charge on any atom is -0.466 e. The molecule has 1 heterocycles. The molecule has 2 amide bonds. The highest BCUT2D eigenvalue weighted by atomic mass is 16.5. The number of amides is 2. The minimum atomic E-state index is -0.183. The van der Waals surface area contributed by atoms with Crippen molar-refractivity contribution in [3.05, 3.63) is 71.3 Å². The third-order valence-corrected chi connectivity index (χ3v) is 5.67. The lowest BCUT2D eigenvalue weighted by molar-refractivity contribution is -0.151. The first-order chi connectivity index (χ1) is 15.0. The molecule has 31 heavy (non-hydrogen) atoms. The van der Waals surface area contributed by atoms with Crippen LogP contribution in [0.4, 0.5) is 0 Å². The fourth-order valence-corrected chi connectivity index (χ4v) is 3.90. The Morgan fingerprint density at radius 2 is 1.65 bits per heavy atom. The summed E-state index contributed by atoms with van der Waals surface area (Å²) >= 11 is 0. The van der Waals surface area contributed by atoms with Crippen molar-refractivity contribution >= 4 is 17.8 Å². The molecule has 0 aromatic heterocycles. The first kappa shape index (κ1) is 22.5. The van der Waals surface area contributed by atoms with Crippen LogP contribution in [0.25, 0.3) is 0 Å². The van der Waals surface area contributed by atoms with E-state index in [4.69, 9.17) is 4.74 Å². The fourth-order valence-electron chi connectivity index (χ4n) is 3.90. The number of ether oxygens (including phenoxy) is 1. The highest BCUT2D eigenvalue weighted by Gasteiger charge is 2.29. The van der Waals surface area contributed by atoms with E-state index in [1.807, 2.05) is 54.6 Å². The van der Waals surface area contributed by atoms with Gasteiger partial charge >= 0.3 is 5.97 Å². The van der Waals surface area contributed by atoms with Gasteiger partial charge in [-0.25, -0.2) is 0 Å². The molecule has 0 bridgehead atoms. The number of benzene rings is 2. The number of hydrogen-bond acceptors (Lipinski definition) is 4. The van der Waals surface area contributed by atoms with E-state index >= 15 is 0 Å². The number of hydrogen-bond donors (Lipinski definition) is 0. The van der Waals surface area contributed by atoms with Crippen molar-refractivity contribution in [2.75, 3.05) is 33.3 Å². The van der Waals surface area contributed by atoms with Crippen LogP contribution in [-0.4, -0.2) is 60.9 Å². The monoisotopic (exact) mass is 422 g/mol. The molecule has 1 saturated heterocycles. The zero-order valence-electron chi connectivity index (χ0n) is 18.3. The van der Waals surface area contributed by atoms with Crippen LogP contribution in [-0.2, 0) is 20.7 Å². The molecule has 1 fully saturated rings. The normalized spacial score (nSPS) is 14.2. The molecule has 2 aromatic rings. The number of likely N-dealkylation sites (N-methyl/N-ethyl adjacent to an activating group) is 1. The van der Waals surface area contributed by atoms with Crippen molar-refractivity contribution in [1.82, 2.24) is 9.80 Å². The van der Waals surface area contributed by atoms with Gasteiger partial charge in [0.15, 0.2) is 0 Å². The summed E-state index contributed by atoms with van der Waals surface area (Å²) in [6, 6.07) is 17.5. The summed E-state index contributed by atoms with van der Waals surface area (Å²) in [5.74, 6) is -0.592. The van der Waals surface area contributed by atoms with Gasteiger partial charge in [0.1, 0.15) is 0 Å². The second kappa shape index (κ2) is 10.8. The standard InChI is InChI=1S/C25H30N2O4/c1-3-31-25(30)20-13-15-27(16-14-20)23(28)18-26(2)24(29)22-12-8-7-11-21(22)17-19-9-5-4-6-10-19/h4-12,20H,3,13-18H2,1-2H3. The molecule has 6 nitrogen and oxygen atoms in total. The van der Waals surface area contributed by atoms with Gasteiger partial charge in [-0.05, 0) is 43.4 Å². The number of nitrogens with zero attached hydrogens (tertiary/aromatic N) is 2. The number of esters is 1. The van der Waals surface area contributed by atoms with Gasteiger partial charge < -0.3 is 14.5 Å². The van der Waals surface area contributed by atoms with E-state index in [2.05, 4.69) is 0 Å². The van der Waals surface area contributed by atoms with Crippen molar-refractivity contribution in [2.45, 2.75) is 26.2 Å². The van der Waals surface area contributed by atoms with Crippen LogP contribution in [0.2, 0.25) is 0 Å². The third-order valence-electron chi connectivity index (χ3n) is 5.67. The summed E-state index contributed by atoms with van der Waals surface area (Å²) in [5.41, 5.74) is 2.68. The second-order valence-corrected chi connectivity index (χ2v) is 7.89. The minimum absolute atomic E-state index is 0.0164. The molecule has 0 radical (unpaired) electrons. The molecule has 164 valence electrons. The largest absolute Gasteiger partial charge is 0.466 e. The van der Waals surface area contributed by atoms with Gasteiger partial charge in [0.05, 0.1) is 19.1 Å². The Hall–Kier alpha value is -3.15. The summed E-state index contributed by atoms with van der Waals surface area (Å²) < 4.78 is 5.08. The maximum Gasteiger partial charge on any atom is 0.309 e. The van der Waals surface area contributed by atoms with Gasteiger partial charge in [0.25, 0.3) is 5.91 Å². The molecule has 6 heteroatoms. The molecule has 0 N–H and O–H groups in total. The predicted molar refractivity (Wildman–Crippen MR) is 119 cm³/mol. The lowest BCUT2D eigenvalue weighted by atomic mass is 9.97. The molecule has 0 saturated carbocycles. The highest BCUT2D eigenvalue weighted by Crippen LogP contribution is 2.20. The molecule has 0 aliphatic carbocycles. The van der Waals surface area contributed by atoms with Crippen molar-refractivity contribution in [3.63, 3.8) is 0 Å². The van der Waals surface area contributed by atoms with E-state index in [-0.39, 0.29) is 30.2 Å². The summed E-state index contributed by atoms with van der Waals surface area (Å²) in [6.45, 7) is 3.20. The topological polar surface area (TPSA) is 66.9 Å². The van der Waals surface area contributed by atoms with E-state index in [0.717, 1.165) is 11.1 Å². The Kier molecular flexibility index (Phi) is 7.82. The summed E-state index contributed by atoms with van der Waals surface area (Å²) in [6.07, 6.45) is 1.86. The molecule has 0 spiro atoms. The van der Waals surface area contributed by atoms with Crippen molar-refractivity contribution in [2.24, 2.45) is 5.92 Å².